The number of benzene rings is 1. The number of rotatable bonds is 3. The summed E-state index contributed by atoms with van der Waals surface area (Å²) in [5, 5.41) is -0.993. The first kappa shape index (κ1) is 14.9. The maximum absolute atomic E-state index is 12.6. The molecule has 0 bridgehead atoms. The van der Waals surface area contributed by atoms with E-state index in [2.05, 4.69) is 0 Å². The van der Waals surface area contributed by atoms with Crippen LogP contribution >= 0.6 is 11.6 Å². The van der Waals surface area contributed by atoms with Gasteiger partial charge in [0, 0.05) is 11.1 Å². The molecule has 0 radical (unpaired) electrons. The van der Waals surface area contributed by atoms with Crippen LogP contribution in [0.15, 0.2) is 18.2 Å². The summed E-state index contributed by atoms with van der Waals surface area (Å²) in [4.78, 5) is 11.4. The minimum Gasteiger partial charge on any atom is -0.293 e. The number of hydrogen-bond acceptors (Lipinski definition) is 1. The summed E-state index contributed by atoms with van der Waals surface area (Å²) < 4.78 is 62.5. The second-order valence-corrected chi connectivity index (χ2v) is 4.24. The maximum atomic E-state index is 12.6. The van der Waals surface area contributed by atoms with Gasteiger partial charge in [0.25, 0.3) is 6.43 Å². The van der Waals surface area contributed by atoms with Crippen LogP contribution < -0.4 is 0 Å². The maximum Gasteiger partial charge on any atom is 0.416 e. The minimum atomic E-state index is -4.89. The summed E-state index contributed by atoms with van der Waals surface area (Å²) in [5.74, 6) is -0.702. The molecule has 1 nitrogen and oxygen atoms in total. The zero-order valence-electron chi connectivity index (χ0n) is 9.06. The van der Waals surface area contributed by atoms with Crippen molar-refractivity contribution in [2.75, 3.05) is 0 Å². The Kier molecular flexibility index (Phi) is 4.32. The van der Waals surface area contributed by atoms with Crippen molar-refractivity contribution >= 4 is 17.4 Å². The predicted molar refractivity (Wildman–Crippen MR) is 56.0 cm³/mol. The molecule has 1 rings (SSSR count). The zero-order valence-corrected chi connectivity index (χ0v) is 9.82. The number of carbonyl (C=O) groups excluding carboxylic acids is 1. The molecule has 7 heteroatoms. The highest BCUT2D eigenvalue weighted by Gasteiger charge is 2.36. The van der Waals surface area contributed by atoms with Gasteiger partial charge >= 0.3 is 6.18 Å². The topological polar surface area (TPSA) is 17.1 Å². The van der Waals surface area contributed by atoms with Crippen LogP contribution in [0.1, 0.15) is 34.8 Å². The molecular formula is C11H8ClF5O. The Morgan fingerprint density at radius 2 is 1.83 bits per heavy atom. The van der Waals surface area contributed by atoms with Crippen LogP contribution in [0, 0.1) is 0 Å². The van der Waals surface area contributed by atoms with E-state index in [1.165, 1.54) is 6.92 Å². The quantitative estimate of drug-likeness (QED) is 0.456. The average Bonchev–Trinajstić information content (AvgIpc) is 2.25. The molecule has 100 valence electrons. The standard InChI is InChI=1S/C11H8ClF5O/c1-5(12)9(18)6-2-3-8(11(15,16)17)7(4-6)10(13)14/h2-5,10H,1H3. The molecule has 0 aromatic heterocycles. The van der Waals surface area contributed by atoms with Crippen LogP contribution in [0.4, 0.5) is 22.0 Å². The molecule has 0 amide bonds. The lowest BCUT2D eigenvalue weighted by atomic mass is 10.0. The Labute approximate surface area is 105 Å². The van der Waals surface area contributed by atoms with Crippen LogP contribution in [0.25, 0.3) is 0 Å². The number of halogens is 6. The van der Waals surface area contributed by atoms with E-state index in [1.807, 2.05) is 0 Å². The lowest BCUT2D eigenvalue weighted by Gasteiger charge is -2.13. The first-order valence-electron chi connectivity index (χ1n) is 4.82. The van der Waals surface area contributed by atoms with Gasteiger partial charge in [0.2, 0.25) is 0 Å². The van der Waals surface area contributed by atoms with Crippen LogP contribution in [0.5, 0.6) is 0 Å². The molecule has 0 aliphatic carbocycles. The molecule has 1 aromatic rings. The van der Waals surface area contributed by atoms with Crippen molar-refractivity contribution in [3.05, 3.63) is 34.9 Å². The van der Waals surface area contributed by atoms with E-state index in [-0.39, 0.29) is 5.56 Å². The monoisotopic (exact) mass is 286 g/mol. The Bertz CT molecular complexity index is 453. The van der Waals surface area contributed by atoms with Gasteiger partial charge < -0.3 is 0 Å². The largest absolute Gasteiger partial charge is 0.416 e. The average molecular weight is 287 g/mol. The fraction of sp³-hybridized carbons (Fsp3) is 0.364. The lowest BCUT2D eigenvalue weighted by Crippen LogP contribution is -2.14. The summed E-state index contributed by atoms with van der Waals surface area (Å²) in [7, 11) is 0. The second-order valence-electron chi connectivity index (χ2n) is 3.58. The Hall–Kier alpha value is -1.17. The van der Waals surface area contributed by atoms with Gasteiger partial charge in [-0.3, -0.25) is 4.79 Å². The van der Waals surface area contributed by atoms with E-state index in [0.29, 0.717) is 12.1 Å². The number of hydrogen-bond donors (Lipinski definition) is 0. The molecule has 0 fully saturated rings. The van der Waals surface area contributed by atoms with Gasteiger partial charge in [0.15, 0.2) is 5.78 Å². The fourth-order valence-corrected chi connectivity index (χ4v) is 1.51. The van der Waals surface area contributed by atoms with Crippen molar-refractivity contribution in [1.82, 2.24) is 0 Å². The Morgan fingerprint density at radius 3 is 2.22 bits per heavy atom. The third-order valence-electron chi connectivity index (χ3n) is 2.24. The molecular weight excluding hydrogens is 279 g/mol. The molecule has 0 heterocycles. The van der Waals surface area contributed by atoms with Gasteiger partial charge in [-0.15, -0.1) is 11.6 Å². The molecule has 18 heavy (non-hydrogen) atoms. The normalized spacial score (nSPS) is 13.8. The summed E-state index contributed by atoms with van der Waals surface area (Å²) >= 11 is 5.47. The van der Waals surface area contributed by atoms with Gasteiger partial charge in [-0.2, -0.15) is 13.2 Å². The first-order valence-corrected chi connectivity index (χ1v) is 5.25. The van der Waals surface area contributed by atoms with Crippen LogP contribution in [-0.4, -0.2) is 11.2 Å². The zero-order chi connectivity index (χ0) is 14.1. The first-order chi connectivity index (χ1) is 8.14. The van der Waals surface area contributed by atoms with E-state index in [4.69, 9.17) is 11.6 Å². The van der Waals surface area contributed by atoms with Gasteiger partial charge in [0.05, 0.1) is 10.9 Å². The van der Waals surface area contributed by atoms with Crippen molar-refractivity contribution < 1.29 is 26.7 Å². The van der Waals surface area contributed by atoms with Crippen LogP contribution in [0.2, 0.25) is 0 Å². The van der Waals surface area contributed by atoms with E-state index >= 15 is 0 Å². The van der Waals surface area contributed by atoms with E-state index in [1.54, 1.807) is 0 Å². The van der Waals surface area contributed by atoms with Crippen molar-refractivity contribution in [2.45, 2.75) is 24.9 Å². The van der Waals surface area contributed by atoms with Crippen LogP contribution in [-0.2, 0) is 6.18 Å². The predicted octanol–water partition coefficient (Wildman–Crippen LogP) is 4.45. The van der Waals surface area contributed by atoms with E-state index < -0.39 is 34.9 Å². The van der Waals surface area contributed by atoms with Crippen LogP contribution in [0.3, 0.4) is 0 Å². The lowest BCUT2D eigenvalue weighted by molar-refractivity contribution is -0.139. The summed E-state index contributed by atoms with van der Waals surface area (Å²) in [6, 6.07) is 1.85. The smallest absolute Gasteiger partial charge is 0.293 e. The minimum absolute atomic E-state index is 0.263. The Balaban J connectivity index is 3.33. The molecule has 0 spiro atoms. The third-order valence-corrected chi connectivity index (χ3v) is 2.44. The van der Waals surface area contributed by atoms with Gasteiger partial charge in [-0.25, -0.2) is 8.78 Å². The highest BCUT2D eigenvalue weighted by atomic mass is 35.5. The number of carbonyl (C=O) groups is 1. The number of ketones is 1. The molecule has 1 unspecified atom stereocenters. The fourth-order valence-electron chi connectivity index (χ4n) is 1.38. The van der Waals surface area contributed by atoms with Gasteiger partial charge in [-0.1, -0.05) is 6.07 Å². The van der Waals surface area contributed by atoms with E-state index in [0.717, 1.165) is 6.07 Å². The van der Waals surface area contributed by atoms with Crippen molar-refractivity contribution in [3.63, 3.8) is 0 Å². The SMILES string of the molecule is CC(Cl)C(=O)c1ccc(C(F)(F)F)c(C(F)F)c1. The van der Waals surface area contributed by atoms with Crippen molar-refractivity contribution in [3.8, 4) is 0 Å². The highest BCUT2D eigenvalue weighted by Crippen LogP contribution is 2.36. The molecule has 0 saturated heterocycles. The molecule has 1 aromatic carbocycles. The summed E-state index contributed by atoms with van der Waals surface area (Å²) in [5.41, 5.74) is -2.93. The number of alkyl halides is 6. The molecule has 0 N–H and O–H groups in total. The summed E-state index contributed by atoms with van der Waals surface area (Å²) in [6.07, 6.45) is -8.21. The Morgan fingerprint density at radius 1 is 1.28 bits per heavy atom. The van der Waals surface area contributed by atoms with E-state index in [9.17, 15) is 26.7 Å². The van der Waals surface area contributed by atoms with Gasteiger partial charge in [0.1, 0.15) is 0 Å². The number of Topliss-reactive ketones (excluding diaryl/α,β-unsaturated/α-hetero) is 1. The van der Waals surface area contributed by atoms with Gasteiger partial charge in [-0.05, 0) is 19.1 Å². The molecule has 0 aliphatic rings. The summed E-state index contributed by atoms with van der Waals surface area (Å²) in [6.45, 7) is 1.31. The molecule has 0 saturated carbocycles. The third kappa shape index (κ3) is 3.19. The second kappa shape index (κ2) is 5.22. The molecule has 0 aliphatic heterocycles. The van der Waals surface area contributed by atoms with Crippen molar-refractivity contribution in [2.24, 2.45) is 0 Å². The highest BCUT2D eigenvalue weighted by molar-refractivity contribution is 6.33. The molecule has 1 atom stereocenters. The van der Waals surface area contributed by atoms with Crippen molar-refractivity contribution in [1.29, 1.82) is 0 Å².